The Morgan fingerprint density at radius 1 is 0.914 bits per heavy atom. The minimum atomic E-state index is -0.432. The number of fused-ring (bicyclic) bond motifs is 4. The molecule has 3 spiro atoms. The number of rotatable bonds is 1. The molecule has 7 aliphatic rings. The van der Waals surface area contributed by atoms with E-state index in [1.807, 2.05) is 12.4 Å². The maximum atomic E-state index is 6.41. The van der Waals surface area contributed by atoms with Crippen molar-refractivity contribution in [2.45, 2.75) is 70.5 Å². The first-order valence-corrected chi connectivity index (χ1v) is 13.8. The molecule has 3 nitrogen and oxygen atoms in total. The first-order chi connectivity index (χ1) is 17.1. The van der Waals surface area contributed by atoms with Gasteiger partial charge in [-0.15, -0.1) is 0 Å². The number of benzene rings is 1. The van der Waals surface area contributed by atoms with Gasteiger partial charge in [0.05, 0.1) is 13.2 Å². The minimum Gasteiger partial charge on any atom is -0.344 e. The number of allylic oxidation sites excluding steroid dienone is 5. The fourth-order valence-electron chi connectivity index (χ4n) is 9.47. The maximum absolute atomic E-state index is 6.41. The highest BCUT2D eigenvalue weighted by Crippen LogP contribution is 2.71. The summed E-state index contributed by atoms with van der Waals surface area (Å²) in [7, 11) is 0. The molecular formula is C32H35NO2. The molecule has 35 heavy (non-hydrogen) atoms. The van der Waals surface area contributed by atoms with Crippen LogP contribution in [0.25, 0.3) is 16.3 Å². The van der Waals surface area contributed by atoms with E-state index in [1.165, 1.54) is 66.9 Å². The molecule has 0 radical (unpaired) electrons. The topological polar surface area (TPSA) is 31.4 Å². The van der Waals surface area contributed by atoms with Crippen molar-refractivity contribution in [3.63, 3.8) is 0 Å². The SMILES string of the molecule is C[C@]12CC=C3C=C4C5(CCCC46OCCO6)CCC3(CC5)[C@@H]1CC=C2c1ccc2ccncc2c1. The van der Waals surface area contributed by atoms with E-state index < -0.39 is 5.79 Å². The molecule has 2 saturated carbocycles. The summed E-state index contributed by atoms with van der Waals surface area (Å²) in [6, 6.07) is 9.11. The summed E-state index contributed by atoms with van der Waals surface area (Å²) >= 11 is 0. The first kappa shape index (κ1) is 20.9. The summed E-state index contributed by atoms with van der Waals surface area (Å²) in [5.74, 6) is 0.240. The number of ether oxygens (including phenoxy) is 2. The van der Waals surface area contributed by atoms with Crippen LogP contribution in [0.5, 0.6) is 0 Å². The molecule has 180 valence electrons. The van der Waals surface area contributed by atoms with Crippen LogP contribution in [0.2, 0.25) is 0 Å². The van der Waals surface area contributed by atoms with Crippen molar-refractivity contribution >= 4 is 16.3 Å². The van der Waals surface area contributed by atoms with E-state index in [4.69, 9.17) is 9.47 Å². The number of nitrogens with zero attached hydrogens (tertiary/aromatic N) is 1. The molecule has 3 fully saturated rings. The van der Waals surface area contributed by atoms with Crippen LogP contribution in [-0.4, -0.2) is 24.0 Å². The van der Waals surface area contributed by atoms with Gasteiger partial charge in [-0.05, 0) is 108 Å². The Balaban J connectivity index is 1.23. The molecule has 0 amide bonds. The number of aromatic nitrogens is 1. The lowest BCUT2D eigenvalue weighted by molar-refractivity contribution is -0.160. The third-order valence-electron chi connectivity index (χ3n) is 11.2. The zero-order chi connectivity index (χ0) is 23.3. The largest absolute Gasteiger partial charge is 0.344 e. The molecule has 3 heteroatoms. The average molecular weight is 466 g/mol. The first-order valence-electron chi connectivity index (χ1n) is 13.8. The van der Waals surface area contributed by atoms with Gasteiger partial charge in [0.15, 0.2) is 5.79 Å². The number of pyridine rings is 1. The summed E-state index contributed by atoms with van der Waals surface area (Å²) in [6.07, 6.45) is 22.9. The Bertz CT molecular complexity index is 1320. The molecule has 0 unspecified atom stereocenters. The molecule has 1 aromatic carbocycles. The summed E-state index contributed by atoms with van der Waals surface area (Å²) in [5, 5.41) is 2.52. The highest BCUT2D eigenvalue weighted by atomic mass is 16.7. The van der Waals surface area contributed by atoms with Gasteiger partial charge in [-0.3, -0.25) is 4.98 Å². The smallest absolute Gasteiger partial charge is 0.191 e. The molecular weight excluding hydrogens is 430 g/mol. The summed E-state index contributed by atoms with van der Waals surface area (Å²) < 4.78 is 12.8. The Labute approximate surface area is 208 Å². The predicted molar refractivity (Wildman–Crippen MR) is 139 cm³/mol. The van der Waals surface area contributed by atoms with Crippen LogP contribution in [0.4, 0.5) is 0 Å². The van der Waals surface area contributed by atoms with Gasteiger partial charge in [0.25, 0.3) is 0 Å². The van der Waals surface area contributed by atoms with Crippen molar-refractivity contribution in [3.05, 3.63) is 71.6 Å². The monoisotopic (exact) mass is 465 g/mol. The van der Waals surface area contributed by atoms with Gasteiger partial charge in [0.2, 0.25) is 0 Å². The zero-order valence-corrected chi connectivity index (χ0v) is 20.8. The van der Waals surface area contributed by atoms with E-state index >= 15 is 0 Å². The van der Waals surface area contributed by atoms with Crippen LogP contribution in [0.3, 0.4) is 0 Å². The lowest BCUT2D eigenvalue weighted by atomic mass is 9.48. The summed E-state index contributed by atoms with van der Waals surface area (Å²) in [5.41, 5.74) is 6.86. The molecule has 0 N–H and O–H groups in total. The van der Waals surface area contributed by atoms with Gasteiger partial charge >= 0.3 is 0 Å². The fourth-order valence-corrected chi connectivity index (χ4v) is 9.47. The third kappa shape index (κ3) is 2.61. The van der Waals surface area contributed by atoms with Crippen molar-refractivity contribution in [1.82, 2.24) is 4.98 Å². The van der Waals surface area contributed by atoms with Crippen LogP contribution >= 0.6 is 0 Å². The van der Waals surface area contributed by atoms with Gasteiger partial charge in [-0.2, -0.15) is 0 Å². The van der Waals surface area contributed by atoms with Crippen LogP contribution in [-0.2, 0) is 9.47 Å². The van der Waals surface area contributed by atoms with Crippen LogP contribution in [0, 0.1) is 22.2 Å². The van der Waals surface area contributed by atoms with Crippen molar-refractivity contribution in [3.8, 4) is 0 Å². The molecule has 2 atom stereocenters. The standard InChI is InChI=1S/C32H35NO2/c1-29-11-7-25-20-28-30(9-2-10-32(28)34-17-18-35-32)12-14-31(25,15-13-30)27(29)6-5-26(29)23-4-3-22-8-16-33-21-24(22)19-23/h3-5,7-8,16,19-21,27H,2,6,9-15,17-18H2,1H3/t27-,29-,30?,31?/m1/s1. The van der Waals surface area contributed by atoms with Gasteiger partial charge in [-0.25, -0.2) is 0 Å². The van der Waals surface area contributed by atoms with Crippen LogP contribution in [0.15, 0.2) is 66.0 Å². The van der Waals surface area contributed by atoms with E-state index in [2.05, 4.69) is 54.4 Å². The third-order valence-corrected chi connectivity index (χ3v) is 11.2. The molecule has 1 aliphatic heterocycles. The van der Waals surface area contributed by atoms with E-state index in [1.54, 1.807) is 11.1 Å². The minimum absolute atomic E-state index is 0.190. The summed E-state index contributed by atoms with van der Waals surface area (Å²) in [4.78, 5) is 4.38. The van der Waals surface area contributed by atoms with E-state index in [0.29, 0.717) is 16.7 Å². The molecule has 1 saturated heterocycles. The number of hydrogen-bond acceptors (Lipinski definition) is 3. The Morgan fingerprint density at radius 2 is 1.77 bits per heavy atom. The van der Waals surface area contributed by atoms with Gasteiger partial charge < -0.3 is 9.47 Å². The highest BCUT2D eigenvalue weighted by Gasteiger charge is 2.63. The second kappa shape index (κ2) is 6.95. The Morgan fingerprint density at radius 3 is 2.63 bits per heavy atom. The van der Waals surface area contributed by atoms with Crippen molar-refractivity contribution in [2.75, 3.05) is 13.2 Å². The normalized spacial score (nSPS) is 38.9. The van der Waals surface area contributed by atoms with Crippen molar-refractivity contribution in [1.29, 1.82) is 0 Å². The van der Waals surface area contributed by atoms with E-state index in [-0.39, 0.29) is 5.41 Å². The molecule has 9 rings (SSSR count). The second-order valence-corrected chi connectivity index (χ2v) is 12.4. The Kier molecular flexibility index (Phi) is 4.15. The molecule has 2 aromatic rings. The lowest BCUT2D eigenvalue weighted by Crippen LogP contribution is -2.48. The molecule has 1 aromatic heterocycles. The predicted octanol–water partition coefficient (Wildman–Crippen LogP) is 7.39. The van der Waals surface area contributed by atoms with E-state index in [0.717, 1.165) is 26.1 Å². The van der Waals surface area contributed by atoms with Gasteiger partial charge in [0.1, 0.15) is 0 Å². The van der Waals surface area contributed by atoms with Crippen LogP contribution < -0.4 is 0 Å². The van der Waals surface area contributed by atoms with E-state index in [9.17, 15) is 0 Å². The average Bonchev–Trinajstić information content (AvgIpc) is 3.42. The molecule has 2 bridgehead atoms. The van der Waals surface area contributed by atoms with Crippen molar-refractivity contribution < 1.29 is 9.47 Å². The summed E-state index contributed by atoms with van der Waals surface area (Å²) in [6.45, 7) is 4.05. The zero-order valence-electron chi connectivity index (χ0n) is 20.8. The van der Waals surface area contributed by atoms with Crippen molar-refractivity contribution in [2.24, 2.45) is 22.2 Å². The van der Waals surface area contributed by atoms with Crippen LogP contribution in [0.1, 0.15) is 70.3 Å². The second-order valence-electron chi connectivity index (χ2n) is 12.4. The highest BCUT2D eigenvalue weighted by molar-refractivity contribution is 5.87. The van der Waals surface area contributed by atoms with Gasteiger partial charge in [0, 0.05) is 29.6 Å². The quantitative estimate of drug-likeness (QED) is 0.440. The molecule has 2 heterocycles. The maximum Gasteiger partial charge on any atom is 0.191 e. The molecule has 6 aliphatic carbocycles. The fraction of sp³-hybridized carbons (Fsp3) is 0.531. The Hall–Kier alpha value is -2.23. The number of hydrogen-bond donors (Lipinski definition) is 0. The van der Waals surface area contributed by atoms with Gasteiger partial charge in [-0.1, -0.05) is 37.3 Å². The lowest BCUT2D eigenvalue weighted by Gasteiger charge is -2.56.